The number of hydrogen-bond donors (Lipinski definition) is 2. The fraction of sp³-hybridized carbons (Fsp3) is 0.562. The maximum atomic E-state index is 12.3. The van der Waals surface area contributed by atoms with E-state index in [0.717, 1.165) is 30.0 Å². The molecule has 0 saturated carbocycles. The van der Waals surface area contributed by atoms with Gasteiger partial charge in [0.25, 0.3) is 0 Å². The number of carbonyl (C=O) groups excluding carboxylic acids is 1. The van der Waals surface area contributed by atoms with Crippen molar-refractivity contribution in [2.24, 2.45) is 5.92 Å². The second kappa shape index (κ2) is 5.93. The van der Waals surface area contributed by atoms with Crippen LogP contribution in [0.2, 0.25) is 0 Å². The van der Waals surface area contributed by atoms with Crippen LogP contribution in [0, 0.1) is 5.92 Å². The van der Waals surface area contributed by atoms with Gasteiger partial charge in [-0.3, -0.25) is 4.79 Å². The first kappa shape index (κ1) is 14.2. The van der Waals surface area contributed by atoms with Crippen LogP contribution in [0.25, 0.3) is 0 Å². The van der Waals surface area contributed by atoms with Gasteiger partial charge in [-0.1, -0.05) is 13.0 Å². The Morgan fingerprint density at radius 2 is 2.10 bits per heavy atom. The maximum Gasteiger partial charge on any atom is 0.237 e. The number of amides is 1. The van der Waals surface area contributed by atoms with Gasteiger partial charge in [-0.05, 0) is 43.5 Å². The Labute approximate surface area is 125 Å². The topological polar surface area (TPSA) is 59.6 Å². The van der Waals surface area contributed by atoms with Gasteiger partial charge in [0.15, 0.2) is 11.5 Å². The van der Waals surface area contributed by atoms with Crippen LogP contribution < -0.4 is 20.1 Å². The van der Waals surface area contributed by atoms with Gasteiger partial charge in [-0.2, -0.15) is 0 Å². The SMILES string of the molecule is CC(NC(=O)C1NCCC1C)c1ccc2c(c1)OCCO2. The number of hydrogen-bond acceptors (Lipinski definition) is 4. The van der Waals surface area contributed by atoms with E-state index in [1.54, 1.807) is 0 Å². The summed E-state index contributed by atoms with van der Waals surface area (Å²) < 4.78 is 11.1. The molecule has 0 aliphatic carbocycles. The molecule has 21 heavy (non-hydrogen) atoms. The molecule has 2 heterocycles. The van der Waals surface area contributed by atoms with Crippen molar-refractivity contribution in [2.75, 3.05) is 19.8 Å². The molecule has 0 bridgehead atoms. The molecule has 1 aromatic rings. The number of fused-ring (bicyclic) bond motifs is 1. The summed E-state index contributed by atoms with van der Waals surface area (Å²) in [4.78, 5) is 12.3. The van der Waals surface area contributed by atoms with Crippen molar-refractivity contribution in [3.05, 3.63) is 23.8 Å². The monoisotopic (exact) mass is 290 g/mol. The van der Waals surface area contributed by atoms with Gasteiger partial charge in [-0.25, -0.2) is 0 Å². The summed E-state index contributed by atoms with van der Waals surface area (Å²) in [6.45, 7) is 6.17. The van der Waals surface area contributed by atoms with Crippen molar-refractivity contribution < 1.29 is 14.3 Å². The summed E-state index contributed by atoms with van der Waals surface area (Å²) >= 11 is 0. The van der Waals surface area contributed by atoms with Crippen LogP contribution in [0.15, 0.2) is 18.2 Å². The molecule has 2 aliphatic rings. The number of carbonyl (C=O) groups is 1. The highest BCUT2D eigenvalue weighted by molar-refractivity contribution is 5.82. The van der Waals surface area contributed by atoms with Crippen molar-refractivity contribution in [1.29, 1.82) is 0 Å². The van der Waals surface area contributed by atoms with E-state index in [0.29, 0.717) is 19.1 Å². The maximum absolute atomic E-state index is 12.3. The predicted octanol–water partition coefficient (Wildman–Crippen LogP) is 1.63. The summed E-state index contributed by atoms with van der Waals surface area (Å²) in [6.07, 6.45) is 1.05. The molecule has 1 aromatic carbocycles. The van der Waals surface area contributed by atoms with Gasteiger partial charge in [0, 0.05) is 0 Å². The Bertz CT molecular complexity index is 532. The van der Waals surface area contributed by atoms with E-state index in [-0.39, 0.29) is 18.0 Å². The molecule has 2 N–H and O–H groups in total. The standard InChI is InChI=1S/C16H22N2O3/c1-10-5-6-17-15(10)16(19)18-11(2)12-3-4-13-14(9-12)21-8-7-20-13/h3-4,9-11,15,17H,5-8H2,1-2H3,(H,18,19). The molecule has 5 nitrogen and oxygen atoms in total. The zero-order valence-electron chi connectivity index (χ0n) is 12.5. The summed E-state index contributed by atoms with van der Waals surface area (Å²) in [5.74, 6) is 1.99. The van der Waals surface area contributed by atoms with Gasteiger partial charge in [0.1, 0.15) is 13.2 Å². The molecule has 1 amide bonds. The summed E-state index contributed by atoms with van der Waals surface area (Å²) in [5, 5.41) is 6.33. The van der Waals surface area contributed by atoms with Crippen molar-refractivity contribution in [1.82, 2.24) is 10.6 Å². The largest absolute Gasteiger partial charge is 0.486 e. The van der Waals surface area contributed by atoms with Crippen LogP contribution in [0.3, 0.4) is 0 Å². The molecule has 3 atom stereocenters. The minimum absolute atomic E-state index is 0.0528. The van der Waals surface area contributed by atoms with Crippen molar-refractivity contribution in [3.63, 3.8) is 0 Å². The van der Waals surface area contributed by atoms with Crippen LogP contribution in [-0.4, -0.2) is 31.7 Å². The van der Waals surface area contributed by atoms with E-state index in [1.165, 1.54) is 0 Å². The van der Waals surface area contributed by atoms with Crippen LogP contribution in [0.4, 0.5) is 0 Å². The minimum Gasteiger partial charge on any atom is -0.486 e. The molecule has 2 aliphatic heterocycles. The molecule has 5 heteroatoms. The second-order valence-electron chi connectivity index (χ2n) is 5.83. The third-order valence-corrected chi connectivity index (χ3v) is 4.24. The van der Waals surface area contributed by atoms with Crippen molar-refractivity contribution >= 4 is 5.91 Å². The van der Waals surface area contributed by atoms with Crippen molar-refractivity contribution in [3.8, 4) is 11.5 Å². The Morgan fingerprint density at radius 3 is 2.81 bits per heavy atom. The lowest BCUT2D eigenvalue weighted by atomic mass is 10.0. The molecule has 1 saturated heterocycles. The minimum atomic E-state index is -0.0790. The van der Waals surface area contributed by atoms with Crippen LogP contribution in [-0.2, 0) is 4.79 Å². The number of benzene rings is 1. The van der Waals surface area contributed by atoms with Crippen LogP contribution in [0.5, 0.6) is 11.5 Å². The number of ether oxygens (including phenoxy) is 2. The molecule has 1 fully saturated rings. The van der Waals surface area contributed by atoms with Gasteiger partial charge >= 0.3 is 0 Å². The van der Waals surface area contributed by atoms with Crippen molar-refractivity contribution in [2.45, 2.75) is 32.4 Å². The molecule has 3 rings (SSSR count). The van der Waals surface area contributed by atoms with E-state index >= 15 is 0 Å². The normalized spacial score (nSPS) is 25.4. The van der Waals surface area contributed by atoms with E-state index in [4.69, 9.17) is 9.47 Å². The number of nitrogens with one attached hydrogen (secondary N) is 2. The average molecular weight is 290 g/mol. The average Bonchev–Trinajstić information content (AvgIpc) is 2.93. The number of rotatable bonds is 3. The fourth-order valence-corrected chi connectivity index (χ4v) is 2.90. The first-order valence-electron chi connectivity index (χ1n) is 7.58. The lowest BCUT2D eigenvalue weighted by Crippen LogP contribution is -2.44. The van der Waals surface area contributed by atoms with E-state index in [1.807, 2.05) is 25.1 Å². The quantitative estimate of drug-likeness (QED) is 0.888. The van der Waals surface area contributed by atoms with Crippen LogP contribution >= 0.6 is 0 Å². The smallest absolute Gasteiger partial charge is 0.237 e. The highest BCUT2D eigenvalue weighted by Gasteiger charge is 2.30. The van der Waals surface area contributed by atoms with Gasteiger partial charge in [0.05, 0.1) is 12.1 Å². The summed E-state index contributed by atoms with van der Waals surface area (Å²) in [7, 11) is 0. The Hall–Kier alpha value is -1.75. The zero-order chi connectivity index (χ0) is 14.8. The highest BCUT2D eigenvalue weighted by Crippen LogP contribution is 2.32. The predicted molar refractivity (Wildman–Crippen MR) is 79.6 cm³/mol. The second-order valence-corrected chi connectivity index (χ2v) is 5.83. The van der Waals surface area contributed by atoms with Gasteiger partial charge in [-0.15, -0.1) is 0 Å². The first-order valence-corrected chi connectivity index (χ1v) is 7.58. The Balaban J connectivity index is 1.67. The molecule has 0 radical (unpaired) electrons. The molecular weight excluding hydrogens is 268 g/mol. The highest BCUT2D eigenvalue weighted by atomic mass is 16.6. The lowest BCUT2D eigenvalue weighted by molar-refractivity contribution is -0.124. The molecule has 3 unspecified atom stereocenters. The van der Waals surface area contributed by atoms with Gasteiger partial charge in [0.2, 0.25) is 5.91 Å². The molecule has 0 aromatic heterocycles. The van der Waals surface area contributed by atoms with E-state index in [9.17, 15) is 4.79 Å². The van der Waals surface area contributed by atoms with E-state index < -0.39 is 0 Å². The Kier molecular flexibility index (Phi) is 4.01. The third-order valence-electron chi connectivity index (χ3n) is 4.24. The molecule has 0 spiro atoms. The molecular formula is C16H22N2O3. The summed E-state index contributed by atoms with van der Waals surface area (Å²) in [6, 6.07) is 5.70. The van der Waals surface area contributed by atoms with Gasteiger partial charge < -0.3 is 20.1 Å². The lowest BCUT2D eigenvalue weighted by Gasteiger charge is -2.22. The third kappa shape index (κ3) is 2.97. The van der Waals surface area contributed by atoms with E-state index in [2.05, 4.69) is 17.6 Å². The first-order chi connectivity index (χ1) is 10.1. The zero-order valence-corrected chi connectivity index (χ0v) is 12.5. The van der Waals surface area contributed by atoms with Crippen LogP contribution in [0.1, 0.15) is 31.9 Å². The fourth-order valence-electron chi connectivity index (χ4n) is 2.90. The Morgan fingerprint density at radius 1 is 1.33 bits per heavy atom. The summed E-state index contributed by atoms with van der Waals surface area (Å²) in [5.41, 5.74) is 1.03. The molecule has 114 valence electrons.